The van der Waals surface area contributed by atoms with E-state index >= 15 is 0 Å². The number of anilines is 1. The van der Waals surface area contributed by atoms with Crippen molar-refractivity contribution in [2.75, 3.05) is 12.3 Å². The van der Waals surface area contributed by atoms with Crippen molar-refractivity contribution in [1.29, 1.82) is 0 Å². The molecule has 6 heteroatoms. The number of aromatic nitrogens is 1. The summed E-state index contributed by atoms with van der Waals surface area (Å²) in [7, 11) is 0. The van der Waals surface area contributed by atoms with Gasteiger partial charge in [-0.3, -0.25) is 0 Å². The van der Waals surface area contributed by atoms with Gasteiger partial charge in [0.15, 0.2) is 0 Å². The van der Waals surface area contributed by atoms with E-state index in [1.54, 1.807) is 24.3 Å². The summed E-state index contributed by atoms with van der Waals surface area (Å²) < 4.78 is 11.8. The van der Waals surface area contributed by atoms with Crippen molar-refractivity contribution in [3.05, 3.63) is 39.8 Å². The molecular formula is C13H12BrClN2O2. The van der Waals surface area contributed by atoms with Gasteiger partial charge in [0.05, 0.1) is 17.3 Å². The van der Waals surface area contributed by atoms with E-state index in [0.29, 0.717) is 34.8 Å². The topological polar surface area (TPSA) is 57.4 Å². The number of hydrogen-bond donors (Lipinski definition) is 1. The molecule has 1 aromatic heterocycles. The Morgan fingerprint density at radius 2 is 2.11 bits per heavy atom. The van der Waals surface area contributed by atoms with Crippen molar-refractivity contribution in [1.82, 2.24) is 4.98 Å². The van der Waals surface area contributed by atoms with Crippen molar-refractivity contribution < 1.29 is 9.47 Å². The van der Waals surface area contributed by atoms with E-state index in [2.05, 4.69) is 20.9 Å². The Morgan fingerprint density at radius 3 is 2.84 bits per heavy atom. The highest BCUT2D eigenvalue weighted by Gasteiger charge is 2.08. The van der Waals surface area contributed by atoms with Crippen LogP contribution in [0.3, 0.4) is 0 Å². The van der Waals surface area contributed by atoms with Gasteiger partial charge in [0.2, 0.25) is 11.8 Å². The molecule has 0 bridgehead atoms. The van der Waals surface area contributed by atoms with Crippen LogP contribution in [-0.4, -0.2) is 11.6 Å². The van der Waals surface area contributed by atoms with Crippen LogP contribution in [0.1, 0.15) is 6.92 Å². The molecule has 1 aromatic carbocycles. The molecule has 0 atom stereocenters. The molecule has 0 saturated carbocycles. The smallest absolute Gasteiger partial charge is 0.240 e. The van der Waals surface area contributed by atoms with Crippen LogP contribution in [0.15, 0.2) is 34.8 Å². The minimum Gasteiger partial charge on any atom is -0.476 e. The predicted molar refractivity (Wildman–Crippen MR) is 79.0 cm³/mol. The summed E-state index contributed by atoms with van der Waals surface area (Å²) in [5, 5.41) is 0.500. The van der Waals surface area contributed by atoms with Gasteiger partial charge in [-0.1, -0.05) is 27.5 Å². The second kappa shape index (κ2) is 6.12. The second-order valence-electron chi connectivity index (χ2n) is 3.65. The molecule has 4 nitrogen and oxygen atoms in total. The average molecular weight is 344 g/mol. The van der Waals surface area contributed by atoms with Crippen molar-refractivity contribution >= 4 is 33.2 Å². The summed E-state index contributed by atoms with van der Waals surface area (Å²) in [6, 6.07) is 8.67. The van der Waals surface area contributed by atoms with Crippen LogP contribution in [0.5, 0.6) is 17.5 Å². The number of pyridine rings is 1. The molecule has 0 aliphatic carbocycles. The molecule has 0 spiro atoms. The van der Waals surface area contributed by atoms with Crippen molar-refractivity contribution in [2.45, 2.75) is 6.92 Å². The summed E-state index contributed by atoms with van der Waals surface area (Å²) in [6.07, 6.45) is 0. The SMILES string of the molecule is CCOc1nc(Oc2cc(Br)ccc2Cl)ccc1N. The van der Waals surface area contributed by atoms with Crippen LogP contribution in [-0.2, 0) is 0 Å². The van der Waals surface area contributed by atoms with Gasteiger partial charge in [0, 0.05) is 10.5 Å². The van der Waals surface area contributed by atoms with Gasteiger partial charge in [0.25, 0.3) is 0 Å². The average Bonchev–Trinajstić information content (AvgIpc) is 2.38. The monoisotopic (exact) mass is 342 g/mol. The van der Waals surface area contributed by atoms with Gasteiger partial charge in [-0.2, -0.15) is 4.98 Å². The second-order valence-corrected chi connectivity index (χ2v) is 4.98. The predicted octanol–water partition coefficient (Wildman–Crippen LogP) is 4.27. The van der Waals surface area contributed by atoms with Gasteiger partial charge in [0.1, 0.15) is 5.75 Å². The molecule has 2 N–H and O–H groups in total. The number of rotatable bonds is 4. The molecule has 2 rings (SSSR count). The number of nitrogen functional groups attached to an aromatic ring is 1. The Hall–Kier alpha value is -1.46. The summed E-state index contributed by atoms with van der Waals surface area (Å²) in [5.41, 5.74) is 6.21. The highest BCUT2D eigenvalue weighted by Crippen LogP contribution is 2.32. The lowest BCUT2D eigenvalue weighted by Crippen LogP contribution is -2.00. The van der Waals surface area contributed by atoms with Gasteiger partial charge >= 0.3 is 0 Å². The molecule has 0 amide bonds. The maximum absolute atomic E-state index is 6.05. The van der Waals surface area contributed by atoms with E-state index < -0.39 is 0 Å². The number of halogens is 2. The summed E-state index contributed by atoms with van der Waals surface area (Å²) >= 11 is 9.41. The van der Waals surface area contributed by atoms with Crippen molar-refractivity contribution in [3.63, 3.8) is 0 Å². The van der Waals surface area contributed by atoms with Crippen molar-refractivity contribution in [2.24, 2.45) is 0 Å². The fraction of sp³-hybridized carbons (Fsp3) is 0.154. The molecular weight excluding hydrogens is 332 g/mol. The highest BCUT2D eigenvalue weighted by molar-refractivity contribution is 9.10. The standard InChI is InChI=1S/C13H12BrClN2O2/c1-2-18-13-10(16)5-6-12(17-13)19-11-7-8(14)3-4-9(11)15/h3-7H,2,16H2,1H3. The van der Waals surface area contributed by atoms with E-state index in [0.717, 1.165) is 4.47 Å². The Kier molecular flexibility index (Phi) is 4.50. The number of ether oxygens (including phenoxy) is 2. The van der Waals surface area contributed by atoms with E-state index in [9.17, 15) is 0 Å². The molecule has 0 radical (unpaired) electrons. The third kappa shape index (κ3) is 3.52. The Bertz CT molecular complexity index is 593. The minimum absolute atomic E-state index is 0.353. The zero-order chi connectivity index (χ0) is 13.8. The fourth-order valence-corrected chi connectivity index (χ4v) is 1.91. The molecule has 0 fully saturated rings. The van der Waals surface area contributed by atoms with Crippen LogP contribution >= 0.6 is 27.5 Å². The first-order valence-electron chi connectivity index (χ1n) is 5.62. The van der Waals surface area contributed by atoms with Crippen LogP contribution in [0, 0.1) is 0 Å². The van der Waals surface area contributed by atoms with Gasteiger partial charge < -0.3 is 15.2 Å². The molecule has 19 heavy (non-hydrogen) atoms. The molecule has 100 valence electrons. The first-order valence-corrected chi connectivity index (χ1v) is 6.79. The molecule has 0 unspecified atom stereocenters. The molecule has 1 heterocycles. The van der Waals surface area contributed by atoms with Crippen LogP contribution in [0.2, 0.25) is 5.02 Å². The highest BCUT2D eigenvalue weighted by atomic mass is 79.9. The zero-order valence-electron chi connectivity index (χ0n) is 10.2. The molecule has 2 aromatic rings. The third-order valence-corrected chi connectivity index (χ3v) is 3.06. The largest absolute Gasteiger partial charge is 0.476 e. The Morgan fingerprint density at radius 1 is 1.32 bits per heavy atom. The van der Waals surface area contributed by atoms with E-state index in [1.165, 1.54) is 0 Å². The lowest BCUT2D eigenvalue weighted by atomic mass is 10.3. The molecule has 0 aliphatic heterocycles. The third-order valence-electron chi connectivity index (χ3n) is 2.25. The Balaban J connectivity index is 2.28. The number of nitrogens with zero attached hydrogens (tertiary/aromatic N) is 1. The molecule has 0 aliphatic rings. The summed E-state index contributed by atoms with van der Waals surface area (Å²) in [6.45, 7) is 2.35. The maximum Gasteiger partial charge on any atom is 0.240 e. The zero-order valence-corrected chi connectivity index (χ0v) is 12.5. The Labute approximate surface area is 124 Å². The van der Waals surface area contributed by atoms with E-state index in [-0.39, 0.29) is 0 Å². The summed E-state index contributed by atoms with van der Waals surface area (Å²) in [5.74, 6) is 1.24. The number of benzene rings is 1. The normalized spacial score (nSPS) is 10.3. The minimum atomic E-state index is 0.353. The van der Waals surface area contributed by atoms with Gasteiger partial charge in [-0.15, -0.1) is 0 Å². The van der Waals surface area contributed by atoms with Crippen molar-refractivity contribution in [3.8, 4) is 17.5 Å². The quantitative estimate of drug-likeness (QED) is 0.900. The number of nitrogens with two attached hydrogens (primary N) is 1. The van der Waals surface area contributed by atoms with Gasteiger partial charge in [-0.05, 0) is 31.2 Å². The lowest BCUT2D eigenvalue weighted by Gasteiger charge is -2.10. The van der Waals surface area contributed by atoms with E-state index in [1.807, 2.05) is 13.0 Å². The van der Waals surface area contributed by atoms with Gasteiger partial charge in [-0.25, -0.2) is 0 Å². The van der Waals surface area contributed by atoms with Crippen LogP contribution in [0.25, 0.3) is 0 Å². The number of hydrogen-bond acceptors (Lipinski definition) is 4. The summed E-state index contributed by atoms with van der Waals surface area (Å²) in [4.78, 5) is 4.18. The first-order chi connectivity index (χ1) is 9.10. The maximum atomic E-state index is 6.05. The van der Waals surface area contributed by atoms with Crippen LogP contribution in [0.4, 0.5) is 5.69 Å². The van der Waals surface area contributed by atoms with Crippen LogP contribution < -0.4 is 15.2 Å². The molecule has 0 saturated heterocycles. The fourth-order valence-electron chi connectivity index (χ4n) is 1.41. The first kappa shape index (κ1) is 14.0. The lowest BCUT2D eigenvalue weighted by molar-refractivity contribution is 0.323. The van der Waals surface area contributed by atoms with E-state index in [4.69, 9.17) is 26.8 Å².